The molecular weight excluding hydrogens is 183 g/mol. The summed E-state index contributed by atoms with van der Waals surface area (Å²) in [5, 5.41) is 9.93. The molecule has 14 heavy (non-hydrogen) atoms. The van der Waals surface area contributed by atoms with Crippen molar-refractivity contribution in [2.24, 2.45) is 0 Å². The zero-order valence-electron chi connectivity index (χ0n) is 9.83. The molecule has 0 fully saturated rings. The largest absolute Gasteiger partial charge is 0.507 e. The predicted molar refractivity (Wildman–Crippen MR) is 62.0 cm³/mol. The van der Waals surface area contributed by atoms with Gasteiger partial charge in [0.15, 0.2) is 0 Å². The minimum Gasteiger partial charge on any atom is -0.507 e. The van der Waals surface area contributed by atoms with Gasteiger partial charge in [-0.3, -0.25) is 0 Å². The summed E-state index contributed by atoms with van der Waals surface area (Å²) in [7, 11) is 0. The third-order valence-corrected chi connectivity index (χ3v) is 2.34. The third-order valence-electron chi connectivity index (χ3n) is 2.34. The van der Waals surface area contributed by atoms with Gasteiger partial charge in [-0.25, -0.2) is 0 Å². The number of hydrogen-bond acceptors (Lipinski definition) is 1. The molecule has 1 nitrogen and oxygen atoms in total. The smallest absolute Gasteiger partial charge is 0.122 e. The van der Waals surface area contributed by atoms with Crippen LogP contribution in [0.2, 0.25) is 0 Å². The predicted octanol–water partition coefficient (Wildman–Crippen LogP) is 3.26. The SMILES string of the molecule is CC(C)c1cccc(C(C)C)c1O.[Na]. The zero-order valence-corrected chi connectivity index (χ0v) is 11.8. The van der Waals surface area contributed by atoms with Gasteiger partial charge >= 0.3 is 0 Å². The monoisotopic (exact) mass is 201 g/mol. The molecule has 0 unspecified atom stereocenters. The molecule has 1 aromatic carbocycles. The van der Waals surface area contributed by atoms with Crippen molar-refractivity contribution in [2.75, 3.05) is 0 Å². The van der Waals surface area contributed by atoms with Crippen LogP contribution in [0.5, 0.6) is 5.75 Å². The molecule has 0 aliphatic rings. The molecule has 0 heterocycles. The minimum absolute atomic E-state index is 0. The molecule has 1 N–H and O–H groups in total. The average molecular weight is 201 g/mol. The molecule has 1 radical (unpaired) electrons. The molecule has 0 atom stereocenters. The number of phenols is 1. The van der Waals surface area contributed by atoms with Crippen molar-refractivity contribution in [3.05, 3.63) is 29.3 Å². The molecule has 0 aromatic heterocycles. The van der Waals surface area contributed by atoms with Crippen LogP contribution < -0.4 is 0 Å². The van der Waals surface area contributed by atoms with Crippen molar-refractivity contribution in [3.8, 4) is 5.75 Å². The Morgan fingerprint density at radius 1 is 0.929 bits per heavy atom. The van der Waals surface area contributed by atoms with Crippen LogP contribution in [0.3, 0.4) is 0 Å². The molecule has 73 valence electrons. The van der Waals surface area contributed by atoms with E-state index in [1.54, 1.807) is 0 Å². The summed E-state index contributed by atoms with van der Waals surface area (Å²) in [4.78, 5) is 0. The van der Waals surface area contributed by atoms with Crippen LogP contribution in [-0.2, 0) is 0 Å². The Balaban J connectivity index is 0.00000169. The maximum absolute atomic E-state index is 9.93. The maximum atomic E-state index is 9.93. The fourth-order valence-corrected chi connectivity index (χ4v) is 1.51. The number of hydrogen-bond donors (Lipinski definition) is 1. The molecule has 1 rings (SSSR count). The first-order chi connectivity index (χ1) is 6.04. The summed E-state index contributed by atoms with van der Waals surface area (Å²) in [6.07, 6.45) is 0. The Labute approximate surface area is 109 Å². The Hall–Kier alpha value is 0.0200. The van der Waals surface area contributed by atoms with Crippen molar-refractivity contribution < 1.29 is 5.11 Å². The summed E-state index contributed by atoms with van der Waals surface area (Å²) in [5.74, 6) is 1.25. The van der Waals surface area contributed by atoms with Gasteiger partial charge in [-0.1, -0.05) is 45.9 Å². The zero-order chi connectivity index (χ0) is 10.0. The molecule has 0 amide bonds. The summed E-state index contributed by atoms with van der Waals surface area (Å²) in [6.45, 7) is 8.39. The van der Waals surface area contributed by atoms with E-state index in [0.29, 0.717) is 17.6 Å². The molecule has 0 aliphatic heterocycles. The van der Waals surface area contributed by atoms with E-state index in [4.69, 9.17) is 0 Å². The van der Waals surface area contributed by atoms with Crippen LogP contribution >= 0.6 is 0 Å². The van der Waals surface area contributed by atoms with Crippen LogP contribution in [0.4, 0.5) is 0 Å². The molecule has 1 aromatic rings. The molecule has 0 spiro atoms. The Morgan fingerprint density at radius 2 is 1.29 bits per heavy atom. The van der Waals surface area contributed by atoms with Crippen LogP contribution in [0.25, 0.3) is 0 Å². The third kappa shape index (κ3) is 3.01. The summed E-state index contributed by atoms with van der Waals surface area (Å²) in [5.41, 5.74) is 2.09. The van der Waals surface area contributed by atoms with Gasteiger partial charge in [-0.05, 0) is 23.0 Å². The van der Waals surface area contributed by atoms with Crippen LogP contribution in [0.15, 0.2) is 18.2 Å². The standard InChI is InChI=1S/C12H18O.Na/c1-8(2)10-6-5-7-11(9(3)4)12(10)13;/h5-9,13H,1-4H3;. The minimum atomic E-state index is 0. The fourth-order valence-electron chi connectivity index (χ4n) is 1.51. The van der Waals surface area contributed by atoms with Crippen molar-refractivity contribution in [3.63, 3.8) is 0 Å². The molecule has 0 saturated heterocycles. The second-order valence-electron chi connectivity index (χ2n) is 4.09. The topological polar surface area (TPSA) is 20.2 Å². The van der Waals surface area contributed by atoms with Crippen LogP contribution in [0, 0.1) is 0 Å². The van der Waals surface area contributed by atoms with Gasteiger partial charge in [0.1, 0.15) is 5.75 Å². The van der Waals surface area contributed by atoms with E-state index in [0.717, 1.165) is 11.1 Å². The molecular formula is C12H18NaO. The van der Waals surface area contributed by atoms with E-state index < -0.39 is 0 Å². The van der Waals surface area contributed by atoms with Crippen molar-refractivity contribution in [1.29, 1.82) is 0 Å². The normalized spacial score (nSPS) is 10.4. The summed E-state index contributed by atoms with van der Waals surface area (Å²) < 4.78 is 0. The van der Waals surface area contributed by atoms with Gasteiger partial charge in [0.2, 0.25) is 0 Å². The Morgan fingerprint density at radius 3 is 1.57 bits per heavy atom. The van der Waals surface area contributed by atoms with Gasteiger partial charge in [-0.15, -0.1) is 0 Å². The molecule has 2 heteroatoms. The van der Waals surface area contributed by atoms with Gasteiger partial charge in [-0.2, -0.15) is 0 Å². The number of benzene rings is 1. The van der Waals surface area contributed by atoms with Gasteiger partial charge in [0, 0.05) is 29.6 Å². The van der Waals surface area contributed by atoms with Gasteiger partial charge in [0.05, 0.1) is 0 Å². The first-order valence-electron chi connectivity index (χ1n) is 4.85. The summed E-state index contributed by atoms with van der Waals surface area (Å²) in [6, 6.07) is 6.00. The molecule has 0 bridgehead atoms. The number of phenolic OH excluding ortho intramolecular Hbond substituents is 1. The van der Waals surface area contributed by atoms with Gasteiger partial charge in [0.25, 0.3) is 0 Å². The van der Waals surface area contributed by atoms with E-state index in [-0.39, 0.29) is 29.6 Å². The average Bonchev–Trinajstić information content (AvgIpc) is 2.03. The number of aromatic hydroxyl groups is 1. The quantitative estimate of drug-likeness (QED) is 0.728. The van der Waals surface area contributed by atoms with Crippen molar-refractivity contribution in [1.82, 2.24) is 0 Å². The van der Waals surface area contributed by atoms with E-state index in [9.17, 15) is 5.11 Å². The molecule has 0 saturated carbocycles. The fraction of sp³-hybridized carbons (Fsp3) is 0.500. The van der Waals surface area contributed by atoms with E-state index in [2.05, 4.69) is 27.7 Å². The van der Waals surface area contributed by atoms with Crippen molar-refractivity contribution >= 4 is 29.6 Å². The first kappa shape index (κ1) is 14.0. The number of para-hydroxylation sites is 1. The Bertz CT molecular complexity index is 266. The van der Waals surface area contributed by atoms with E-state index >= 15 is 0 Å². The maximum Gasteiger partial charge on any atom is 0.122 e. The van der Waals surface area contributed by atoms with Crippen LogP contribution in [-0.4, -0.2) is 34.7 Å². The Kier molecular flexibility index (Phi) is 5.80. The second kappa shape index (κ2) is 5.79. The van der Waals surface area contributed by atoms with E-state index in [1.165, 1.54) is 0 Å². The van der Waals surface area contributed by atoms with Crippen molar-refractivity contribution in [2.45, 2.75) is 39.5 Å². The van der Waals surface area contributed by atoms with E-state index in [1.807, 2.05) is 18.2 Å². The molecule has 0 aliphatic carbocycles. The second-order valence-corrected chi connectivity index (χ2v) is 4.09. The summed E-state index contributed by atoms with van der Waals surface area (Å²) >= 11 is 0. The van der Waals surface area contributed by atoms with Crippen LogP contribution in [0.1, 0.15) is 50.7 Å². The first-order valence-corrected chi connectivity index (χ1v) is 4.85. The number of rotatable bonds is 2. The van der Waals surface area contributed by atoms with Gasteiger partial charge < -0.3 is 5.11 Å².